The Hall–Kier alpha value is -3.84. The summed E-state index contributed by atoms with van der Waals surface area (Å²) in [6.45, 7) is 0. The van der Waals surface area contributed by atoms with Gasteiger partial charge in [-0.3, -0.25) is 9.78 Å². The van der Waals surface area contributed by atoms with Gasteiger partial charge in [0.2, 0.25) is 17.7 Å². The van der Waals surface area contributed by atoms with Crippen LogP contribution in [0.15, 0.2) is 16.0 Å². The summed E-state index contributed by atoms with van der Waals surface area (Å²) < 4.78 is 27.8. The van der Waals surface area contributed by atoms with Gasteiger partial charge in [-0.05, 0) is 44.6 Å². The van der Waals surface area contributed by atoms with Gasteiger partial charge in [-0.1, -0.05) is 0 Å². The second kappa shape index (κ2) is 8.38. The minimum absolute atomic E-state index is 0.0390. The van der Waals surface area contributed by atoms with Crippen LogP contribution in [0.2, 0.25) is 0 Å². The zero-order valence-corrected chi connectivity index (χ0v) is 19.2. The topological polar surface area (TPSA) is 165 Å². The van der Waals surface area contributed by atoms with Crippen LogP contribution in [0.3, 0.4) is 0 Å². The lowest BCUT2D eigenvalue weighted by atomic mass is 9.91. The summed E-state index contributed by atoms with van der Waals surface area (Å²) in [6.07, 6.45) is 7.47. The van der Waals surface area contributed by atoms with Crippen molar-refractivity contribution >= 4 is 23.6 Å². The van der Waals surface area contributed by atoms with E-state index >= 15 is 0 Å². The molecule has 0 spiro atoms. The van der Waals surface area contributed by atoms with Gasteiger partial charge in [0.1, 0.15) is 11.6 Å². The normalized spacial score (nSPS) is 26.3. The first-order chi connectivity index (χ1) is 17.2. The molecule has 3 heterocycles. The lowest BCUT2D eigenvalue weighted by molar-refractivity contribution is -0.125. The number of halogens is 2. The van der Waals surface area contributed by atoms with E-state index in [1.807, 2.05) is 0 Å². The average Bonchev–Trinajstić information content (AvgIpc) is 3.68. The zero-order valence-electron chi connectivity index (χ0n) is 19.2. The number of aromatic nitrogens is 6. The number of rotatable bonds is 6. The molecule has 12 nitrogen and oxygen atoms in total. The minimum atomic E-state index is -2.86. The van der Waals surface area contributed by atoms with Crippen molar-refractivity contribution in [1.29, 1.82) is 0 Å². The third kappa shape index (κ3) is 4.54. The van der Waals surface area contributed by atoms with Crippen LogP contribution in [-0.4, -0.2) is 64.6 Å². The molecule has 3 aromatic heterocycles. The van der Waals surface area contributed by atoms with Crippen molar-refractivity contribution in [3.8, 4) is 5.88 Å². The first-order valence-electron chi connectivity index (χ1n) is 12.0. The number of carbonyl (C=O) groups excluding carboxylic acids is 1. The van der Waals surface area contributed by atoms with Gasteiger partial charge in [-0.2, -0.15) is 19.6 Å². The Balaban J connectivity index is 1.22. The predicted octanol–water partition coefficient (Wildman–Crippen LogP) is -0.0484. The molecule has 0 saturated heterocycles. The third-order valence-corrected chi connectivity index (χ3v) is 6.81. The maximum Gasteiger partial charge on any atom is 0.326 e. The quantitative estimate of drug-likeness (QED) is 0.316. The molecule has 3 aliphatic carbocycles. The highest BCUT2D eigenvalue weighted by atomic mass is 19.3. The Kier molecular flexibility index (Phi) is 5.26. The molecule has 1 atom stereocenters. The fourth-order valence-electron chi connectivity index (χ4n) is 4.51. The van der Waals surface area contributed by atoms with E-state index < -0.39 is 23.4 Å². The van der Waals surface area contributed by atoms with E-state index in [1.54, 1.807) is 12.3 Å². The van der Waals surface area contributed by atoms with Crippen molar-refractivity contribution in [3.05, 3.63) is 33.2 Å². The van der Waals surface area contributed by atoms with Crippen molar-refractivity contribution in [2.45, 2.75) is 69.0 Å². The van der Waals surface area contributed by atoms with Crippen molar-refractivity contribution in [1.82, 2.24) is 34.9 Å². The van der Waals surface area contributed by atoms with Crippen LogP contribution in [0.4, 0.5) is 14.7 Å². The van der Waals surface area contributed by atoms with Gasteiger partial charge in [0, 0.05) is 23.7 Å². The van der Waals surface area contributed by atoms with Crippen LogP contribution in [0, 0.1) is 5.92 Å². The summed E-state index contributed by atoms with van der Waals surface area (Å²) in [7, 11) is 0. The largest absolute Gasteiger partial charge is 0.493 e. The smallest absolute Gasteiger partial charge is 0.326 e. The molecule has 36 heavy (non-hydrogen) atoms. The Morgan fingerprint density at radius 2 is 1.89 bits per heavy atom. The van der Waals surface area contributed by atoms with Gasteiger partial charge < -0.3 is 20.7 Å². The molecular weight excluding hydrogens is 476 g/mol. The maximum absolute atomic E-state index is 13.1. The van der Waals surface area contributed by atoms with Crippen LogP contribution in [0.1, 0.15) is 50.6 Å². The highest BCUT2D eigenvalue weighted by molar-refractivity contribution is 5.83. The van der Waals surface area contributed by atoms with Gasteiger partial charge in [-0.15, -0.1) is 0 Å². The molecule has 5 N–H and O–H groups in total. The molecule has 3 aliphatic rings. The van der Waals surface area contributed by atoms with E-state index in [4.69, 9.17) is 0 Å². The van der Waals surface area contributed by atoms with E-state index in [0.29, 0.717) is 48.1 Å². The van der Waals surface area contributed by atoms with E-state index in [1.165, 1.54) is 4.52 Å². The molecule has 3 fully saturated rings. The van der Waals surface area contributed by atoms with E-state index in [9.17, 15) is 23.5 Å². The van der Waals surface area contributed by atoms with E-state index in [-0.39, 0.29) is 36.1 Å². The Morgan fingerprint density at radius 3 is 2.53 bits per heavy atom. The summed E-state index contributed by atoms with van der Waals surface area (Å²) in [5.41, 5.74) is 0.532. The molecule has 0 aliphatic heterocycles. The Morgan fingerprint density at radius 1 is 1.17 bits per heavy atom. The molecule has 1 amide bonds. The van der Waals surface area contributed by atoms with Crippen LogP contribution in [-0.2, 0) is 4.79 Å². The number of anilines is 1. The molecule has 0 radical (unpaired) electrons. The third-order valence-electron chi connectivity index (χ3n) is 6.81. The number of nitrogens with one attached hydrogen (secondary N) is 4. The van der Waals surface area contributed by atoms with Crippen molar-refractivity contribution < 1.29 is 18.7 Å². The summed E-state index contributed by atoms with van der Waals surface area (Å²) in [5.74, 6) is -4.52. The highest BCUT2D eigenvalue weighted by Gasteiger charge is 2.61. The number of amides is 1. The van der Waals surface area contributed by atoms with Gasteiger partial charge >= 0.3 is 5.69 Å². The minimum Gasteiger partial charge on any atom is -0.493 e. The molecule has 14 heteroatoms. The fraction of sp³-hybridized carbons (Fsp3) is 0.545. The highest BCUT2D eigenvalue weighted by Crippen LogP contribution is 2.48. The van der Waals surface area contributed by atoms with Crippen LogP contribution in [0.5, 0.6) is 5.88 Å². The Labute approximate surface area is 202 Å². The lowest BCUT2D eigenvalue weighted by Gasteiger charge is -2.29. The molecular formula is C22H25F2N9O3. The molecule has 190 valence electrons. The number of hydrogen-bond donors (Lipinski definition) is 5. The molecule has 3 saturated carbocycles. The van der Waals surface area contributed by atoms with Crippen LogP contribution < -0.4 is 27.2 Å². The molecule has 3 aromatic rings. The van der Waals surface area contributed by atoms with Crippen molar-refractivity contribution in [2.24, 2.45) is 10.9 Å². The fourth-order valence-corrected chi connectivity index (χ4v) is 4.51. The number of alkyl halides is 2. The summed E-state index contributed by atoms with van der Waals surface area (Å²) >= 11 is 0. The molecule has 1 unspecified atom stereocenters. The van der Waals surface area contributed by atoms with Crippen LogP contribution >= 0.6 is 0 Å². The van der Waals surface area contributed by atoms with E-state index in [0.717, 1.165) is 12.8 Å². The summed E-state index contributed by atoms with van der Waals surface area (Å²) in [5, 5.41) is 20.9. The number of aromatic amines is 2. The number of aromatic hydroxyl groups is 1. The molecule has 0 bridgehead atoms. The zero-order chi connectivity index (χ0) is 25.0. The average molecular weight is 501 g/mol. The SMILES string of the molecule is O=C(NC1CCC(Nc2nc(=NC3CC3)n3nc/c(=C/c4[nH]c(=O)[nH]c4O)c3n2)CC1)C1CC1(F)F. The second-order valence-corrected chi connectivity index (χ2v) is 9.75. The second-order valence-electron chi connectivity index (χ2n) is 9.75. The van der Waals surface area contributed by atoms with E-state index in [2.05, 4.69) is 40.7 Å². The van der Waals surface area contributed by atoms with Gasteiger partial charge in [0.25, 0.3) is 11.5 Å². The van der Waals surface area contributed by atoms with Gasteiger partial charge in [0.05, 0.1) is 12.2 Å². The lowest BCUT2D eigenvalue weighted by Crippen LogP contribution is -2.41. The monoisotopic (exact) mass is 501 g/mol. The first kappa shape index (κ1) is 22.6. The molecule has 6 rings (SSSR count). The maximum atomic E-state index is 13.1. The number of H-pyrrole nitrogens is 2. The number of imidazole rings is 1. The summed E-state index contributed by atoms with van der Waals surface area (Å²) in [6, 6.07) is 0.107. The standard InChI is InChI=1S/C22H25F2N9O3/c23-22(24)8-14(22)17(34)26-11-1-3-12(4-2-11)27-19-30-16-10(7-15-18(35)31-21(36)29-15)9-25-33(16)20(32-19)28-13-5-6-13/h7,9,11-14,35H,1-6,8H2,(H,26,34)(H,27,28,32)(H2,29,31,36)/b10-7-. The van der Waals surface area contributed by atoms with Gasteiger partial charge in [-0.25, -0.2) is 18.6 Å². The van der Waals surface area contributed by atoms with Crippen molar-refractivity contribution in [2.75, 3.05) is 5.32 Å². The van der Waals surface area contributed by atoms with Gasteiger partial charge in [0.15, 0.2) is 5.65 Å². The van der Waals surface area contributed by atoms with Crippen LogP contribution in [0.25, 0.3) is 11.7 Å². The Bertz CT molecular complexity index is 1500. The number of nitrogens with zero attached hydrogens (tertiary/aromatic N) is 5. The first-order valence-corrected chi connectivity index (χ1v) is 12.0. The van der Waals surface area contributed by atoms with Crippen molar-refractivity contribution in [3.63, 3.8) is 0 Å². The predicted molar refractivity (Wildman–Crippen MR) is 122 cm³/mol. The summed E-state index contributed by atoms with van der Waals surface area (Å²) in [4.78, 5) is 42.1. The number of fused-ring (bicyclic) bond motifs is 1. The number of carbonyl (C=O) groups is 1. The molecule has 0 aromatic carbocycles. The number of hydrogen-bond acceptors (Lipinski definition) is 8.